The van der Waals surface area contributed by atoms with Crippen LogP contribution in [0.5, 0.6) is 0 Å². The molecule has 0 aliphatic carbocycles. The highest BCUT2D eigenvalue weighted by Crippen LogP contribution is 2.23. The van der Waals surface area contributed by atoms with Crippen LogP contribution in [0.1, 0.15) is 10.4 Å². The number of hydrogen-bond acceptors (Lipinski definition) is 4. The fourth-order valence-corrected chi connectivity index (χ4v) is 3.28. The van der Waals surface area contributed by atoms with Crippen LogP contribution >= 0.6 is 11.8 Å². The van der Waals surface area contributed by atoms with Crippen LogP contribution in [0.3, 0.4) is 0 Å². The standard InChI is InChI=1S/C15H21N3O2S/c1-17(2)9-8-16-14(19)13-10-21-11-18(13)15(20)12-6-4-3-5-7-12/h3-7,13H,8-11H2,1-2H3,(H,16,19)/t13-/m0/s1. The summed E-state index contributed by atoms with van der Waals surface area (Å²) in [6.07, 6.45) is 0. The second-order valence-corrected chi connectivity index (χ2v) is 6.25. The zero-order valence-corrected chi connectivity index (χ0v) is 13.2. The molecule has 1 N–H and O–H groups in total. The highest BCUT2D eigenvalue weighted by Gasteiger charge is 2.34. The molecule has 6 heteroatoms. The summed E-state index contributed by atoms with van der Waals surface area (Å²) in [6.45, 7) is 1.39. The van der Waals surface area contributed by atoms with Crippen LogP contribution in [0.2, 0.25) is 0 Å². The van der Waals surface area contributed by atoms with Crippen LogP contribution < -0.4 is 5.32 Å². The highest BCUT2D eigenvalue weighted by atomic mass is 32.2. The van der Waals surface area contributed by atoms with Crippen LogP contribution in [0.15, 0.2) is 30.3 Å². The number of rotatable bonds is 5. The number of hydrogen-bond donors (Lipinski definition) is 1. The van der Waals surface area contributed by atoms with E-state index in [0.29, 0.717) is 23.7 Å². The molecule has 0 spiro atoms. The van der Waals surface area contributed by atoms with Crippen molar-refractivity contribution in [2.24, 2.45) is 0 Å². The summed E-state index contributed by atoms with van der Waals surface area (Å²) in [5, 5.41) is 2.90. The van der Waals surface area contributed by atoms with E-state index in [1.54, 1.807) is 28.8 Å². The number of likely N-dealkylation sites (N-methyl/N-ethyl adjacent to an activating group) is 1. The van der Waals surface area contributed by atoms with Crippen molar-refractivity contribution >= 4 is 23.6 Å². The third-order valence-corrected chi connectivity index (χ3v) is 4.34. The molecular formula is C15H21N3O2S. The van der Waals surface area contributed by atoms with Crippen LogP contribution in [-0.4, -0.2) is 66.5 Å². The zero-order chi connectivity index (χ0) is 15.2. The van der Waals surface area contributed by atoms with E-state index < -0.39 is 0 Å². The van der Waals surface area contributed by atoms with Crippen LogP contribution in [0.4, 0.5) is 0 Å². The van der Waals surface area contributed by atoms with Crippen molar-refractivity contribution in [2.75, 3.05) is 38.8 Å². The first kappa shape index (κ1) is 15.9. The van der Waals surface area contributed by atoms with Gasteiger partial charge in [-0.3, -0.25) is 9.59 Å². The molecular weight excluding hydrogens is 286 g/mol. The van der Waals surface area contributed by atoms with Gasteiger partial charge in [-0.25, -0.2) is 0 Å². The molecule has 1 aliphatic heterocycles. The molecule has 0 unspecified atom stereocenters. The third-order valence-electron chi connectivity index (χ3n) is 3.32. The van der Waals surface area contributed by atoms with E-state index in [1.807, 2.05) is 37.2 Å². The van der Waals surface area contributed by atoms with Crippen LogP contribution in [-0.2, 0) is 4.79 Å². The van der Waals surface area contributed by atoms with Gasteiger partial charge in [0.1, 0.15) is 6.04 Å². The van der Waals surface area contributed by atoms with Gasteiger partial charge in [0, 0.05) is 24.4 Å². The van der Waals surface area contributed by atoms with E-state index in [0.717, 1.165) is 6.54 Å². The third kappa shape index (κ3) is 4.22. The number of carbonyl (C=O) groups is 2. The number of thioether (sulfide) groups is 1. The molecule has 1 aromatic rings. The summed E-state index contributed by atoms with van der Waals surface area (Å²) in [5.41, 5.74) is 0.631. The first-order chi connectivity index (χ1) is 10.1. The molecule has 0 bridgehead atoms. The minimum atomic E-state index is -0.370. The minimum absolute atomic E-state index is 0.0638. The molecule has 1 atom stereocenters. The lowest BCUT2D eigenvalue weighted by Crippen LogP contribution is -2.48. The number of benzene rings is 1. The van der Waals surface area contributed by atoms with E-state index in [-0.39, 0.29) is 17.9 Å². The summed E-state index contributed by atoms with van der Waals surface area (Å²) in [6, 6.07) is 8.75. The second kappa shape index (κ2) is 7.47. The predicted molar refractivity (Wildman–Crippen MR) is 85.3 cm³/mol. The predicted octanol–water partition coefficient (Wildman–Crippen LogP) is 0.880. The van der Waals surface area contributed by atoms with E-state index in [9.17, 15) is 9.59 Å². The molecule has 1 heterocycles. The van der Waals surface area contributed by atoms with Gasteiger partial charge in [-0.2, -0.15) is 0 Å². The van der Waals surface area contributed by atoms with Gasteiger partial charge in [-0.15, -0.1) is 11.8 Å². The summed E-state index contributed by atoms with van der Waals surface area (Å²) >= 11 is 1.62. The lowest BCUT2D eigenvalue weighted by Gasteiger charge is -2.23. The fraction of sp³-hybridized carbons (Fsp3) is 0.467. The minimum Gasteiger partial charge on any atom is -0.353 e. The Balaban J connectivity index is 1.96. The number of nitrogens with one attached hydrogen (secondary N) is 1. The lowest BCUT2D eigenvalue weighted by molar-refractivity contribution is -0.124. The molecule has 1 aliphatic rings. The largest absolute Gasteiger partial charge is 0.353 e. The maximum Gasteiger partial charge on any atom is 0.255 e. The number of nitrogens with zero attached hydrogens (tertiary/aromatic N) is 2. The van der Waals surface area contributed by atoms with Gasteiger partial charge in [0.25, 0.3) is 5.91 Å². The fourth-order valence-electron chi connectivity index (χ4n) is 2.13. The average Bonchev–Trinajstić information content (AvgIpc) is 2.96. The van der Waals surface area contributed by atoms with Crippen molar-refractivity contribution < 1.29 is 9.59 Å². The Morgan fingerprint density at radius 3 is 2.71 bits per heavy atom. The molecule has 1 aromatic carbocycles. The van der Waals surface area contributed by atoms with Gasteiger partial charge in [-0.1, -0.05) is 18.2 Å². The number of carbonyl (C=O) groups excluding carboxylic acids is 2. The Morgan fingerprint density at radius 2 is 2.05 bits per heavy atom. The summed E-state index contributed by atoms with van der Waals surface area (Å²) in [7, 11) is 3.92. The Labute approximate surface area is 129 Å². The Kier molecular flexibility index (Phi) is 5.64. The topological polar surface area (TPSA) is 52.7 Å². The van der Waals surface area contributed by atoms with Gasteiger partial charge < -0.3 is 15.1 Å². The van der Waals surface area contributed by atoms with E-state index in [2.05, 4.69) is 5.32 Å². The van der Waals surface area contributed by atoms with Crippen molar-refractivity contribution in [3.63, 3.8) is 0 Å². The lowest BCUT2D eigenvalue weighted by atomic mass is 10.1. The molecule has 0 aromatic heterocycles. The SMILES string of the molecule is CN(C)CCNC(=O)[C@@H]1CSCN1C(=O)c1ccccc1. The quantitative estimate of drug-likeness (QED) is 0.877. The number of amides is 2. The first-order valence-corrected chi connectivity index (χ1v) is 8.11. The monoisotopic (exact) mass is 307 g/mol. The molecule has 5 nitrogen and oxygen atoms in total. The molecule has 1 saturated heterocycles. The molecule has 1 fully saturated rings. The summed E-state index contributed by atoms with van der Waals surface area (Å²) < 4.78 is 0. The van der Waals surface area contributed by atoms with Crippen LogP contribution in [0, 0.1) is 0 Å². The zero-order valence-electron chi connectivity index (χ0n) is 12.4. The summed E-state index contributed by atoms with van der Waals surface area (Å²) in [4.78, 5) is 28.4. The van der Waals surface area contributed by atoms with E-state index >= 15 is 0 Å². The molecule has 2 amide bonds. The smallest absolute Gasteiger partial charge is 0.255 e. The highest BCUT2D eigenvalue weighted by molar-refractivity contribution is 7.99. The Bertz CT molecular complexity index is 493. The van der Waals surface area contributed by atoms with Crippen molar-refractivity contribution in [3.05, 3.63) is 35.9 Å². The first-order valence-electron chi connectivity index (χ1n) is 6.96. The van der Waals surface area contributed by atoms with Crippen molar-refractivity contribution in [1.82, 2.24) is 15.1 Å². The Hall–Kier alpha value is -1.53. The molecule has 2 rings (SSSR count). The van der Waals surface area contributed by atoms with Gasteiger partial charge in [0.15, 0.2) is 0 Å². The van der Waals surface area contributed by atoms with Crippen molar-refractivity contribution in [3.8, 4) is 0 Å². The summed E-state index contributed by atoms with van der Waals surface area (Å²) in [5.74, 6) is 1.09. The molecule has 21 heavy (non-hydrogen) atoms. The van der Waals surface area contributed by atoms with Gasteiger partial charge in [-0.05, 0) is 26.2 Å². The van der Waals surface area contributed by atoms with E-state index in [1.165, 1.54) is 0 Å². The molecule has 0 saturated carbocycles. The van der Waals surface area contributed by atoms with Gasteiger partial charge in [0.2, 0.25) is 5.91 Å². The second-order valence-electron chi connectivity index (χ2n) is 5.25. The van der Waals surface area contributed by atoms with Crippen molar-refractivity contribution in [2.45, 2.75) is 6.04 Å². The maximum atomic E-state index is 12.5. The maximum absolute atomic E-state index is 12.5. The van der Waals surface area contributed by atoms with Gasteiger partial charge >= 0.3 is 0 Å². The van der Waals surface area contributed by atoms with Crippen LogP contribution in [0.25, 0.3) is 0 Å². The normalized spacial score (nSPS) is 18.0. The van der Waals surface area contributed by atoms with Crippen molar-refractivity contribution in [1.29, 1.82) is 0 Å². The van der Waals surface area contributed by atoms with Gasteiger partial charge in [0.05, 0.1) is 5.88 Å². The average molecular weight is 307 g/mol. The Morgan fingerprint density at radius 1 is 1.33 bits per heavy atom. The molecule has 0 radical (unpaired) electrons. The van der Waals surface area contributed by atoms with E-state index in [4.69, 9.17) is 0 Å². The molecule has 114 valence electrons.